The predicted molar refractivity (Wildman–Crippen MR) is 140 cm³/mol. The zero-order chi connectivity index (χ0) is 24.8. The van der Waals surface area contributed by atoms with Gasteiger partial charge in [-0.05, 0) is 59.8 Å². The van der Waals surface area contributed by atoms with Crippen LogP contribution in [0.25, 0.3) is 0 Å². The minimum atomic E-state index is 0.0762. The SMILES string of the molecule is CC(CC(=O)Nc1ccc(N2CCN(C(=O)CC(C)CC(C)(C)C)CC2)cc1)CC(C)(C)C. The van der Waals surface area contributed by atoms with Gasteiger partial charge < -0.3 is 15.1 Å². The summed E-state index contributed by atoms with van der Waals surface area (Å²) in [5.41, 5.74) is 2.48. The van der Waals surface area contributed by atoms with E-state index in [0.717, 1.165) is 50.4 Å². The van der Waals surface area contributed by atoms with Gasteiger partial charge in [0, 0.05) is 50.4 Å². The molecule has 0 radical (unpaired) electrons. The molecule has 1 fully saturated rings. The molecule has 1 aromatic rings. The van der Waals surface area contributed by atoms with Gasteiger partial charge in [0.15, 0.2) is 0 Å². The third kappa shape index (κ3) is 10.2. The fraction of sp³-hybridized carbons (Fsp3) is 0.714. The smallest absolute Gasteiger partial charge is 0.224 e. The maximum absolute atomic E-state index is 12.7. The van der Waals surface area contributed by atoms with E-state index in [4.69, 9.17) is 0 Å². The molecular weight excluding hydrogens is 410 g/mol. The largest absolute Gasteiger partial charge is 0.368 e. The van der Waals surface area contributed by atoms with Crippen LogP contribution < -0.4 is 10.2 Å². The number of anilines is 2. The molecule has 5 heteroatoms. The van der Waals surface area contributed by atoms with Gasteiger partial charge in [0.1, 0.15) is 0 Å². The molecule has 1 saturated heterocycles. The summed E-state index contributed by atoms with van der Waals surface area (Å²) in [6, 6.07) is 8.09. The Morgan fingerprint density at radius 3 is 1.79 bits per heavy atom. The van der Waals surface area contributed by atoms with E-state index in [1.54, 1.807) is 0 Å². The maximum Gasteiger partial charge on any atom is 0.224 e. The molecule has 186 valence electrons. The summed E-state index contributed by atoms with van der Waals surface area (Å²) >= 11 is 0. The molecule has 0 spiro atoms. The first kappa shape index (κ1) is 27.2. The Morgan fingerprint density at radius 2 is 1.30 bits per heavy atom. The van der Waals surface area contributed by atoms with Gasteiger partial charge in [0.05, 0.1) is 0 Å². The van der Waals surface area contributed by atoms with E-state index < -0.39 is 0 Å². The molecule has 2 rings (SSSR count). The lowest BCUT2D eigenvalue weighted by molar-refractivity contribution is -0.132. The third-order valence-corrected chi connectivity index (χ3v) is 6.13. The molecule has 2 atom stereocenters. The number of nitrogens with one attached hydrogen (secondary N) is 1. The van der Waals surface area contributed by atoms with Crippen molar-refractivity contribution in [2.75, 3.05) is 36.4 Å². The molecule has 2 unspecified atom stereocenters. The first-order valence-electron chi connectivity index (χ1n) is 12.6. The molecular formula is C28H47N3O2. The monoisotopic (exact) mass is 457 g/mol. The van der Waals surface area contributed by atoms with E-state index in [0.29, 0.717) is 24.7 Å². The number of carbonyl (C=O) groups is 2. The molecule has 33 heavy (non-hydrogen) atoms. The predicted octanol–water partition coefficient (Wildman–Crippen LogP) is 6.20. The van der Waals surface area contributed by atoms with E-state index in [-0.39, 0.29) is 22.6 Å². The average Bonchev–Trinajstić information content (AvgIpc) is 2.65. The van der Waals surface area contributed by atoms with Crippen LogP contribution >= 0.6 is 0 Å². The van der Waals surface area contributed by atoms with Gasteiger partial charge in [-0.3, -0.25) is 9.59 Å². The minimum Gasteiger partial charge on any atom is -0.368 e. The van der Waals surface area contributed by atoms with Gasteiger partial charge in [0.25, 0.3) is 0 Å². The van der Waals surface area contributed by atoms with Crippen LogP contribution in [0.1, 0.15) is 81.1 Å². The highest BCUT2D eigenvalue weighted by Gasteiger charge is 2.24. The number of carbonyl (C=O) groups excluding carboxylic acids is 2. The van der Waals surface area contributed by atoms with Crippen molar-refractivity contribution in [3.05, 3.63) is 24.3 Å². The first-order valence-corrected chi connectivity index (χ1v) is 12.6. The molecule has 1 heterocycles. The van der Waals surface area contributed by atoms with Gasteiger partial charge in [-0.2, -0.15) is 0 Å². The Kier molecular flexibility index (Phi) is 9.39. The highest BCUT2D eigenvalue weighted by atomic mass is 16.2. The van der Waals surface area contributed by atoms with Crippen LogP contribution in [0.4, 0.5) is 11.4 Å². The lowest BCUT2D eigenvalue weighted by Gasteiger charge is -2.37. The summed E-state index contributed by atoms with van der Waals surface area (Å²) in [5.74, 6) is 1.13. The lowest BCUT2D eigenvalue weighted by atomic mass is 9.84. The Morgan fingerprint density at radius 1 is 0.818 bits per heavy atom. The molecule has 0 bridgehead atoms. The van der Waals surface area contributed by atoms with Crippen LogP contribution in [0.2, 0.25) is 0 Å². The molecule has 2 amide bonds. The summed E-state index contributed by atoms with van der Waals surface area (Å²) in [6.45, 7) is 20.9. The fourth-order valence-corrected chi connectivity index (χ4v) is 5.16. The number of piperazine rings is 1. The molecule has 0 saturated carbocycles. The molecule has 1 N–H and O–H groups in total. The molecule has 0 aliphatic carbocycles. The minimum absolute atomic E-state index is 0.0762. The highest BCUT2D eigenvalue weighted by molar-refractivity contribution is 5.91. The summed E-state index contributed by atoms with van der Waals surface area (Å²) in [7, 11) is 0. The van der Waals surface area contributed by atoms with Crippen molar-refractivity contribution in [2.24, 2.45) is 22.7 Å². The Hall–Kier alpha value is -2.04. The fourth-order valence-electron chi connectivity index (χ4n) is 5.16. The zero-order valence-electron chi connectivity index (χ0n) is 22.3. The molecule has 5 nitrogen and oxygen atoms in total. The average molecular weight is 458 g/mol. The van der Waals surface area contributed by atoms with Crippen LogP contribution in [0.15, 0.2) is 24.3 Å². The van der Waals surface area contributed by atoms with Gasteiger partial charge in [0.2, 0.25) is 11.8 Å². The lowest BCUT2D eigenvalue weighted by Crippen LogP contribution is -2.49. The Balaban J connectivity index is 1.79. The molecule has 1 aliphatic rings. The summed E-state index contributed by atoms with van der Waals surface area (Å²) in [4.78, 5) is 29.4. The van der Waals surface area contributed by atoms with Crippen LogP contribution in [-0.4, -0.2) is 42.9 Å². The second kappa shape index (κ2) is 11.4. The number of amides is 2. The van der Waals surface area contributed by atoms with Crippen molar-refractivity contribution in [3.63, 3.8) is 0 Å². The second-order valence-corrected chi connectivity index (χ2v) is 12.6. The molecule has 0 aromatic heterocycles. The number of hydrogen-bond acceptors (Lipinski definition) is 3. The van der Waals surface area contributed by atoms with Crippen molar-refractivity contribution in [3.8, 4) is 0 Å². The topological polar surface area (TPSA) is 52.7 Å². The van der Waals surface area contributed by atoms with Crippen molar-refractivity contribution in [1.82, 2.24) is 4.90 Å². The van der Waals surface area contributed by atoms with Gasteiger partial charge in [-0.1, -0.05) is 55.4 Å². The quantitative estimate of drug-likeness (QED) is 0.506. The van der Waals surface area contributed by atoms with Crippen molar-refractivity contribution >= 4 is 23.2 Å². The van der Waals surface area contributed by atoms with Crippen LogP contribution in [-0.2, 0) is 9.59 Å². The zero-order valence-corrected chi connectivity index (χ0v) is 22.3. The standard InChI is InChI=1S/C28H47N3O2/c1-21(19-27(3,4)5)17-25(32)29-23-9-11-24(12-10-23)30-13-15-31(16-14-30)26(33)18-22(2)20-28(6,7)8/h9-12,21-22H,13-20H2,1-8H3,(H,29,32). The summed E-state index contributed by atoms with van der Waals surface area (Å²) < 4.78 is 0. The Labute approximate surface area is 202 Å². The van der Waals surface area contributed by atoms with Gasteiger partial charge >= 0.3 is 0 Å². The van der Waals surface area contributed by atoms with Crippen molar-refractivity contribution in [1.29, 1.82) is 0 Å². The van der Waals surface area contributed by atoms with E-state index in [1.165, 1.54) is 0 Å². The van der Waals surface area contributed by atoms with Gasteiger partial charge in [-0.25, -0.2) is 0 Å². The van der Waals surface area contributed by atoms with Crippen molar-refractivity contribution in [2.45, 2.75) is 81.1 Å². The number of rotatable bonds is 8. The van der Waals surface area contributed by atoms with E-state index in [2.05, 4.69) is 77.7 Å². The van der Waals surface area contributed by atoms with Crippen LogP contribution in [0.5, 0.6) is 0 Å². The first-order chi connectivity index (χ1) is 15.2. The van der Waals surface area contributed by atoms with E-state index in [9.17, 15) is 9.59 Å². The maximum atomic E-state index is 12.7. The summed E-state index contributed by atoms with van der Waals surface area (Å²) in [6.07, 6.45) is 3.28. The van der Waals surface area contributed by atoms with Crippen LogP contribution in [0, 0.1) is 22.7 Å². The molecule has 1 aromatic carbocycles. The normalized spacial score (nSPS) is 17.0. The number of hydrogen-bond donors (Lipinski definition) is 1. The number of nitrogens with zero attached hydrogens (tertiary/aromatic N) is 2. The van der Waals surface area contributed by atoms with Gasteiger partial charge in [-0.15, -0.1) is 0 Å². The van der Waals surface area contributed by atoms with E-state index in [1.807, 2.05) is 17.0 Å². The highest BCUT2D eigenvalue weighted by Crippen LogP contribution is 2.28. The van der Waals surface area contributed by atoms with Crippen LogP contribution in [0.3, 0.4) is 0 Å². The number of benzene rings is 1. The summed E-state index contributed by atoms with van der Waals surface area (Å²) in [5, 5.41) is 3.03. The second-order valence-electron chi connectivity index (χ2n) is 12.6. The Bertz CT molecular complexity index is 766. The van der Waals surface area contributed by atoms with Crippen molar-refractivity contribution < 1.29 is 9.59 Å². The third-order valence-electron chi connectivity index (χ3n) is 6.13. The molecule has 1 aliphatic heterocycles. The van der Waals surface area contributed by atoms with E-state index >= 15 is 0 Å².